The Morgan fingerprint density at radius 1 is 1.38 bits per heavy atom. The Balaban J connectivity index is 2.63. The van der Waals surface area contributed by atoms with Crippen molar-refractivity contribution in [1.29, 1.82) is 0 Å². The molecule has 1 aromatic carbocycles. The van der Waals surface area contributed by atoms with Crippen molar-refractivity contribution in [3.05, 3.63) is 30.3 Å². The van der Waals surface area contributed by atoms with Crippen molar-refractivity contribution in [2.24, 2.45) is 0 Å². The maximum Gasteiger partial charge on any atom is 0.169 e. The van der Waals surface area contributed by atoms with Crippen molar-refractivity contribution in [3.8, 4) is 11.4 Å². The Morgan fingerprint density at radius 2 is 2.12 bits per heavy atom. The lowest BCUT2D eigenvalue weighted by molar-refractivity contribution is 0.595. The topological polar surface area (TPSA) is 56.7 Å². The number of rotatable bonds is 2. The smallest absolute Gasteiger partial charge is 0.169 e. The number of nitrogens with zero attached hydrogens (tertiary/aromatic N) is 3. The molecule has 1 aromatic heterocycles. The zero-order chi connectivity index (χ0) is 11.7. The molecule has 4 nitrogen and oxygen atoms in total. The van der Waals surface area contributed by atoms with E-state index in [4.69, 9.17) is 5.73 Å². The minimum absolute atomic E-state index is 0.156. The number of hydrogen-bond donors (Lipinski definition) is 1. The minimum Gasteiger partial charge on any atom is -0.398 e. The summed E-state index contributed by atoms with van der Waals surface area (Å²) in [6.45, 7) is 3.95. The van der Waals surface area contributed by atoms with E-state index in [1.165, 1.54) is 6.07 Å². The molecular weight excluding hydrogens is 207 g/mol. The highest BCUT2D eigenvalue weighted by Crippen LogP contribution is 2.28. The molecule has 0 aliphatic carbocycles. The third-order valence-corrected chi connectivity index (χ3v) is 2.40. The van der Waals surface area contributed by atoms with E-state index >= 15 is 0 Å². The summed E-state index contributed by atoms with van der Waals surface area (Å²) in [6, 6.07) is 4.75. The van der Waals surface area contributed by atoms with Gasteiger partial charge in [0.05, 0.1) is 5.56 Å². The van der Waals surface area contributed by atoms with Crippen LogP contribution in [0.3, 0.4) is 0 Å². The second kappa shape index (κ2) is 3.92. The number of hydrogen-bond acceptors (Lipinski definition) is 3. The number of benzene rings is 1. The van der Waals surface area contributed by atoms with Crippen molar-refractivity contribution in [2.75, 3.05) is 5.73 Å². The number of anilines is 1. The first kappa shape index (κ1) is 10.6. The molecule has 0 amide bonds. The van der Waals surface area contributed by atoms with E-state index in [1.807, 2.05) is 13.8 Å². The second-order valence-electron chi connectivity index (χ2n) is 3.86. The first-order chi connectivity index (χ1) is 7.61. The fourth-order valence-electron chi connectivity index (χ4n) is 1.58. The van der Waals surface area contributed by atoms with Gasteiger partial charge in [0.25, 0.3) is 0 Å². The van der Waals surface area contributed by atoms with Crippen LogP contribution < -0.4 is 5.73 Å². The van der Waals surface area contributed by atoms with Crippen molar-refractivity contribution in [2.45, 2.75) is 19.9 Å². The molecule has 0 atom stereocenters. The molecular formula is C11H13FN4. The van der Waals surface area contributed by atoms with E-state index < -0.39 is 0 Å². The van der Waals surface area contributed by atoms with Gasteiger partial charge in [-0.3, -0.25) is 0 Å². The molecule has 0 saturated carbocycles. The molecule has 1 heterocycles. The van der Waals surface area contributed by atoms with E-state index in [0.29, 0.717) is 17.1 Å². The zero-order valence-corrected chi connectivity index (χ0v) is 9.18. The minimum atomic E-state index is -0.380. The summed E-state index contributed by atoms with van der Waals surface area (Å²) < 4.78 is 15.5. The second-order valence-corrected chi connectivity index (χ2v) is 3.86. The highest BCUT2D eigenvalue weighted by molar-refractivity contribution is 5.72. The predicted molar refractivity (Wildman–Crippen MR) is 60.2 cm³/mol. The van der Waals surface area contributed by atoms with Gasteiger partial charge in [-0.2, -0.15) is 0 Å². The van der Waals surface area contributed by atoms with Crippen molar-refractivity contribution in [3.63, 3.8) is 0 Å². The fourth-order valence-corrected chi connectivity index (χ4v) is 1.58. The van der Waals surface area contributed by atoms with E-state index in [1.54, 1.807) is 23.0 Å². The maximum atomic E-state index is 13.7. The van der Waals surface area contributed by atoms with Gasteiger partial charge in [-0.15, -0.1) is 10.2 Å². The van der Waals surface area contributed by atoms with Gasteiger partial charge < -0.3 is 10.3 Å². The Kier molecular flexibility index (Phi) is 2.60. The Labute approximate surface area is 92.9 Å². The van der Waals surface area contributed by atoms with Crippen LogP contribution in [-0.4, -0.2) is 14.8 Å². The third-order valence-electron chi connectivity index (χ3n) is 2.40. The normalized spacial score (nSPS) is 11.0. The van der Waals surface area contributed by atoms with Gasteiger partial charge in [-0.05, 0) is 26.0 Å². The SMILES string of the molecule is CC(C)n1cnnc1-c1c(N)cccc1F. The van der Waals surface area contributed by atoms with Crippen LogP contribution in [0, 0.1) is 5.82 Å². The maximum absolute atomic E-state index is 13.7. The number of nitrogens with two attached hydrogens (primary N) is 1. The van der Waals surface area contributed by atoms with Crippen LogP contribution in [0.1, 0.15) is 19.9 Å². The van der Waals surface area contributed by atoms with Crippen LogP contribution in [0.5, 0.6) is 0 Å². The summed E-state index contributed by atoms with van der Waals surface area (Å²) in [7, 11) is 0. The zero-order valence-electron chi connectivity index (χ0n) is 9.18. The molecule has 5 heteroatoms. The Bertz CT molecular complexity index is 484. The fraction of sp³-hybridized carbons (Fsp3) is 0.273. The lowest BCUT2D eigenvalue weighted by Gasteiger charge is -2.11. The quantitative estimate of drug-likeness (QED) is 0.790. The van der Waals surface area contributed by atoms with E-state index in [-0.39, 0.29) is 11.9 Å². The van der Waals surface area contributed by atoms with Gasteiger partial charge in [0.15, 0.2) is 5.82 Å². The van der Waals surface area contributed by atoms with Gasteiger partial charge in [-0.1, -0.05) is 6.07 Å². The summed E-state index contributed by atoms with van der Waals surface area (Å²) in [4.78, 5) is 0. The molecule has 2 N–H and O–H groups in total. The molecule has 84 valence electrons. The van der Waals surface area contributed by atoms with Crippen LogP contribution in [0.25, 0.3) is 11.4 Å². The van der Waals surface area contributed by atoms with E-state index in [0.717, 1.165) is 0 Å². The lowest BCUT2D eigenvalue weighted by Crippen LogP contribution is -2.04. The molecule has 2 aromatic rings. The molecule has 0 fully saturated rings. The molecule has 0 aliphatic rings. The molecule has 0 aliphatic heterocycles. The molecule has 0 spiro atoms. The first-order valence-electron chi connectivity index (χ1n) is 5.05. The molecule has 16 heavy (non-hydrogen) atoms. The summed E-state index contributed by atoms with van der Waals surface area (Å²) in [5.41, 5.74) is 6.44. The third kappa shape index (κ3) is 1.64. The molecule has 0 saturated heterocycles. The summed E-state index contributed by atoms with van der Waals surface area (Å²) in [6.07, 6.45) is 1.58. The van der Waals surface area contributed by atoms with Gasteiger partial charge in [0, 0.05) is 11.7 Å². The van der Waals surface area contributed by atoms with Gasteiger partial charge in [0.1, 0.15) is 12.1 Å². The van der Waals surface area contributed by atoms with Gasteiger partial charge in [0.2, 0.25) is 0 Å². The number of aromatic nitrogens is 3. The molecule has 0 radical (unpaired) electrons. The highest BCUT2D eigenvalue weighted by atomic mass is 19.1. The number of halogens is 1. The Hall–Kier alpha value is -1.91. The molecule has 2 rings (SSSR count). The number of nitrogen functional groups attached to an aromatic ring is 1. The highest BCUT2D eigenvalue weighted by Gasteiger charge is 2.16. The average molecular weight is 220 g/mol. The lowest BCUT2D eigenvalue weighted by atomic mass is 10.1. The van der Waals surface area contributed by atoms with Crippen molar-refractivity contribution >= 4 is 5.69 Å². The van der Waals surface area contributed by atoms with Crippen molar-refractivity contribution < 1.29 is 4.39 Å². The summed E-state index contributed by atoms with van der Waals surface area (Å²) in [5, 5.41) is 7.72. The van der Waals surface area contributed by atoms with Crippen molar-refractivity contribution in [1.82, 2.24) is 14.8 Å². The average Bonchev–Trinajstić information content (AvgIpc) is 2.66. The standard InChI is InChI=1S/C11H13FN4/c1-7(2)16-6-14-15-11(16)10-8(12)4-3-5-9(10)13/h3-7H,13H2,1-2H3. The van der Waals surface area contributed by atoms with Gasteiger partial charge in [-0.25, -0.2) is 4.39 Å². The Morgan fingerprint density at radius 3 is 2.75 bits per heavy atom. The predicted octanol–water partition coefficient (Wildman–Crippen LogP) is 2.25. The van der Waals surface area contributed by atoms with Crippen LogP contribution in [-0.2, 0) is 0 Å². The van der Waals surface area contributed by atoms with Crippen LogP contribution >= 0.6 is 0 Å². The first-order valence-corrected chi connectivity index (χ1v) is 5.05. The summed E-state index contributed by atoms with van der Waals surface area (Å²) >= 11 is 0. The molecule has 0 bridgehead atoms. The monoisotopic (exact) mass is 220 g/mol. The molecule has 0 unspecified atom stereocenters. The summed E-state index contributed by atoms with van der Waals surface area (Å²) in [5.74, 6) is 0.0838. The largest absolute Gasteiger partial charge is 0.398 e. The van der Waals surface area contributed by atoms with Crippen LogP contribution in [0.15, 0.2) is 24.5 Å². The van der Waals surface area contributed by atoms with E-state index in [2.05, 4.69) is 10.2 Å². The van der Waals surface area contributed by atoms with E-state index in [9.17, 15) is 4.39 Å². The van der Waals surface area contributed by atoms with Crippen LogP contribution in [0.4, 0.5) is 10.1 Å². The van der Waals surface area contributed by atoms with Crippen LogP contribution in [0.2, 0.25) is 0 Å². The van der Waals surface area contributed by atoms with Gasteiger partial charge >= 0.3 is 0 Å².